The third-order valence-corrected chi connectivity index (χ3v) is 4.79. The second kappa shape index (κ2) is 7.17. The minimum absolute atomic E-state index is 0.537. The molecular formula is C20H22N6. The van der Waals surface area contributed by atoms with Crippen LogP contribution in [0.25, 0.3) is 22.4 Å². The summed E-state index contributed by atoms with van der Waals surface area (Å²) < 4.78 is 0. The molecule has 132 valence electrons. The number of nitrogen functional groups attached to an aromatic ring is 1. The highest BCUT2D eigenvalue weighted by atomic mass is 14.9. The number of pyridine rings is 3. The summed E-state index contributed by atoms with van der Waals surface area (Å²) in [5.41, 5.74) is 11.8. The van der Waals surface area contributed by atoms with Gasteiger partial charge in [0.15, 0.2) is 0 Å². The van der Waals surface area contributed by atoms with Crippen molar-refractivity contribution in [1.29, 1.82) is 0 Å². The maximum atomic E-state index is 5.94. The number of fused-ring (bicyclic) bond motifs is 1. The van der Waals surface area contributed by atoms with Crippen LogP contribution in [0.5, 0.6) is 0 Å². The molecule has 1 aliphatic rings. The summed E-state index contributed by atoms with van der Waals surface area (Å²) in [6, 6.07) is 11.9. The van der Waals surface area contributed by atoms with Crippen molar-refractivity contribution in [2.24, 2.45) is 4.99 Å². The highest BCUT2D eigenvalue weighted by Gasteiger charge is 2.17. The molecule has 1 aliphatic heterocycles. The zero-order valence-electron chi connectivity index (χ0n) is 14.8. The zero-order chi connectivity index (χ0) is 17.9. The number of nitrogens with two attached hydrogens (primary N) is 1. The first-order valence-electron chi connectivity index (χ1n) is 8.92. The van der Waals surface area contributed by atoms with Crippen LogP contribution in [0, 0.1) is 0 Å². The Morgan fingerprint density at radius 3 is 2.46 bits per heavy atom. The van der Waals surface area contributed by atoms with Crippen LogP contribution < -0.4 is 11.1 Å². The summed E-state index contributed by atoms with van der Waals surface area (Å²) >= 11 is 0. The fourth-order valence-corrected chi connectivity index (χ4v) is 3.37. The topological polar surface area (TPSA) is 89.1 Å². The van der Waals surface area contributed by atoms with Crippen LogP contribution in [-0.4, -0.2) is 41.3 Å². The van der Waals surface area contributed by atoms with Crippen LogP contribution in [0.1, 0.15) is 30.1 Å². The van der Waals surface area contributed by atoms with Crippen molar-refractivity contribution in [3.8, 4) is 11.4 Å². The number of nitrogens with zero attached hydrogens (tertiary/aromatic N) is 4. The molecule has 1 fully saturated rings. The van der Waals surface area contributed by atoms with E-state index < -0.39 is 0 Å². The number of rotatable bonds is 3. The molecule has 1 saturated heterocycles. The van der Waals surface area contributed by atoms with Gasteiger partial charge in [0.2, 0.25) is 0 Å². The molecule has 4 heterocycles. The maximum Gasteiger partial charge on any atom is 0.104 e. The molecule has 0 amide bonds. The molecule has 0 saturated carbocycles. The Morgan fingerprint density at radius 1 is 0.962 bits per heavy atom. The molecule has 0 atom stereocenters. The Bertz CT molecular complexity index is 960. The number of aliphatic imine (C=N–C) groups is 1. The van der Waals surface area contributed by atoms with Gasteiger partial charge in [-0.25, -0.2) is 9.97 Å². The molecule has 3 aromatic rings. The van der Waals surface area contributed by atoms with Gasteiger partial charge in [0.25, 0.3) is 0 Å². The predicted molar refractivity (Wildman–Crippen MR) is 106 cm³/mol. The fourth-order valence-electron chi connectivity index (χ4n) is 3.37. The van der Waals surface area contributed by atoms with Crippen LogP contribution in [0.2, 0.25) is 0 Å². The van der Waals surface area contributed by atoms with Crippen molar-refractivity contribution in [2.45, 2.75) is 18.8 Å². The van der Waals surface area contributed by atoms with Gasteiger partial charge in [-0.15, -0.1) is 0 Å². The summed E-state index contributed by atoms with van der Waals surface area (Å²) in [7, 11) is 1.70. The minimum atomic E-state index is 0.537. The molecular weight excluding hydrogens is 324 g/mol. The number of nitrogens with one attached hydrogen (secondary N) is 1. The fraction of sp³-hybridized carbons (Fsp3) is 0.300. The molecule has 0 aliphatic carbocycles. The largest absolute Gasteiger partial charge is 0.397 e. The molecule has 3 aromatic heterocycles. The van der Waals surface area contributed by atoms with Gasteiger partial charge in [-0.2, -0.15) is 0 Å². The first kappa shape index (κ1) is 16.6. The van der Waals surface area contributed by atoms with Crippen LogP contribution in [0.15, 0.2) is 41.4 Å². The molecule has 0 radical (unpaired) electrons. The molecule has 0 unspecified atom stereocenters. The normalized spacial score (nSPS) is 15.7. The van der Waals surface area contributed by atoms with Crippen molar-refractivity contribution in [1.82, 2.24) is 20.3 Å². The van der Waals surface area contributed by atoms with Crippen LogP contribution in [0.4, 0.5) is 5.69 Å². The quantitative estimate of drug-likeness (QED) is 0.712. The lowest BCUT2D eigenvalue weighted by molar-refractivity contribution is 0.454. The third-order valence-electron chi connectivity index (χ3n) is 4.79. The SMILES string of the molecule is CN=Cc1nc(-c2ccc3nc(C4CCNCC4)ccc3n2)ccc1N. The Balaban J connectivity index is 1.68. The molecule has 6 nitrogen and oxygen atoms in total. The number of piperidine rings is 1. The van der Waals surface area contributed by atoms with E-state index in [1.54, 1.807) is 13.3 Å². The number of hydrogen-bond donors (Lipinski definition) is 2. The second-order valence-corrected chi connectivity index (χ2v) is 6.55. The van der Waals surface area contributed by atoms with E-state index in [4.69, 9.17) is 15.7 Å². The highest BCUT2D eigenvalue weighted by molar-refractivity contribution is 5.85. The van der Waals surface area contributed by atoms with E-state index in [-0.39, 0.29) is 0 Å². The summed E-state index contributed by atoms with van der Waals surface area (Å²) in [5.74, 6) is 0.537. The number of aromatic nitrogens is 3. The van der Waals surface area contributed by atoms with Gasteiger partial charge in [-0.1, -0.05) is 0 Å². The van der Waals surface area contributed by atoms with E-state index >= 15 is 0 Å². The monoisotopic (exact) mass is 346 g/mol. The van der Waals surface area contributed by atoms with Gasteiger partial charge >= 0.3 is 0 Å². The molecule has 0 spiro atoms. The van der Waals surface area contributed by atoms with Gasteiger partial charge < -0.3 is 11.1 Å². The molecule has 6 heteroatoms. The average Bonchev–Trinajstić information content (AvgIpc) is 2.70. The second-order valence-electron chi connectivity index (χ2n) is 6.55. The third kappa shape index (κ3) is 3.28. The van der Waals surface area contributed by atoms with Gasteiger partial charge in [0.1, 0.15) is 5.69 Å². The van der Waals surface area contributed by atoms with Crippen molar-refractivity contribution in [3.05, 3.63) is 47.8 Å². The van der Waals surface area contributed by atoms with Crippen molar-refractivity contribution in [2.75, 3.05) is 25.9 Å². The molecule has 26 heavy (non-hydrogen) atoms. The number of anilines is 1. The Labute approximate surface area is 152 Å². The van der Waals surface area contributed by atoms with E-state index in [2.05, 4.69) is 27.4 Å². The smallest absolute Gasteiger partial charge is 0.104 e. The molecule has 0 bridgehead atoms. The van der Waals surface area contributed by atoms with E-state index in [1.807, 2.05) is 24.3 Å². The van der Waals surface area contributed by atoms with Crippen LogP contribution in [-0.2, 0) is 0 Å². The highest BCUT2D eigenvalue weighted by Crippen LogP contribution is 2.26. The van der Waals surface area contributed by atoms with E-state index in [1.165, 1.54) is 5.69 Å². The van der Waals surface area contributed by atoms with Gasteiger partial charge in [0.05, 0.1) is 28.1 Å². The van der Waals surface area contributed by atoms with Gasteiger partial charge in [0, 0.05) is 24.9 Å². The van der Waals surface area contributed by atoms with Crippen molar-refractivity contribution < 1.29 is 0 Å². The lowest BCUT2D eigenvalue weighted by atomic mass is 9.94. The minimum Gasteiger partial charge on any atom is -0.397 e. The van der Waals surface area contributed by atoms with E-state index in [0.29, 0.717) is 17.3 Å². The first-order chi connectivity index (χ1) is 12.7. The van der Waals surface area contributed by atoms with Gasteiger partial charge in [-0.05, 0) is 62.3 Å². The van der Waals surface area contributed by atoms with Crippen molar-refractivity contribution in [3.63, 3.8) is 0 Å². The first-order valence-corrected chi connectivity index (χ1v) is 8.92. The lowest BCUT2D eigenvalue weighted by Gasteiger charge is -2.22. The Morgan fingerprint density at radius 2 is 1.65 bits per heavy atom. The Kier molecular flexibility index (Phi) is 4.58. The zero-order valence-corrected chi connectivity index (χ0v) is 14.8. The number of hydrogen-bond acceptors (Lipinski definition) is 6. The van der Waals surface area contributed by atoms with E-state index in [0.717, 1.165) is 48.4 Å². The standard InChI is InChI=1S/C20H22N6/c1-22-12-20-14(21)2-3-16(26-20)19-7-6-17-18(25-19)5-4-15(24-17)13-8-10-23-11-9-13/h2-7,12-13,23H,8-11,21H2,1H3. The van der Waals surface area contributed by atoms with E-state index in [9.17, 15) is 0 Å². The maximum absolute atomic E-state index is 5.94. The predicted octanol–water partition coefficient (Wildman–Crippen LogP) is 2.79. The summed E-state index contributed by atoms with van der Waals surface area (Å²) in [4.78, 5) is 18.2. The molecule has 4 rings (SSSR count). The van der Waals surface area contributed by atoms with Gasteiger partial charge in [-0.3, -0.25) is 9.98 Å². The summed E-state index contributed by atoms with van der Waals surface area (Å²) in [5, 5.41) is 3.40. The van der Waals surface area contributed by atoms with Crippen LogP contribution in [0.3, 0.4) is 0 Å². The molecule has 0 aromatic carbocycles. The average molecular weight is 346 g/mol. The summed E-state index contributed by atoms with van der Waals surface area (Å²) in [6.07, 6.45) is 3.94. The summed E-state index contributed by atoms with van der Waals surface area (Å²) in [6.45, 7) is 2.13. The van der Waals surface area contributed by atoms with Crippen molar-refractivity contribution >= 4 is 22.9 Å². The molecule has 3 N–H and O–H groups in total. The Hall–Kier alpha value is -2.86. The van der Waals surface area contributed by atoms with Crippen LogP contribution >= 0.6 is 0 Å². The lowest BCUT2D eigenvalue weighted by Crippen LogP contribution is -2.27.